The lowest BCUT2D eigenvalue weighted by Gasteiger charge is -2.12. The molecule has 1 heterocycles. The van der Waals surface area contributed by atoms with Crippen molar-refractivity contribution in [2.24, 2.45) is 0 Å². The van der Waals surface area contributed by atoms with Gasteiger partial charge >= 0.3 is 5.97 Å². The molecule has 128 valence electrons. The van der Waals surface area contributed by atoms with E-state index in [2.05, 4.69) is 10.3 Å². The fourth-order valence-corrected chi connectivity index (χ4v) is 2.70. The van der Waals surface area contributed by atoms with E-state index in [9.17, 15) is 14.3 Å². The van der Waals surface area contributed by atoms with Gasteiger partial charge in [0, 0.05) is 5.56 Å². The van der Waals surface area contributed by atoms with Crippen LogP contribution in [0.3, 0.4) is 0 Å². The molecule has 0 atom stereocenters. The van der Waals surface area contributed by atoms with Crippen LogP contribution >= 0.6 is 0 Å². The standard InChI is InChI=1S/C19H18FN3O2/c1-11(2)18-10-21-22-23(18)15-8-13(7-14(9-15)19(24)25)16-5-4-12(3)6-17(16)20/h4-11H,1-3H3,(H,24,25). The molecule has 0 fully saturated rings. The average molecular weight is 339 g/mol. The van der Waals surface area contributed by atoms with Crippen molar-refractivity contribution in [2.45, 2.75) is 26.7 Å². The van der Waals surface area contributed by atoms with Gasteiger partial charge in [0.15, 0.2) is 0 Å². The number of nitrogens with zero attached hydrogens (tertiary/aromatic N) is 3. The Labute approximate surface area is 144 Å². The second-order valence-corrected chi connectivity index (χ2v) is 6.28. The number of aromatic nitrogens is 3. The lowest BCUT2D eigenvalue weighted by molar-refractivity contribution is 0.0697. The minimum absolute atomic E-state index is 0.0673. The second kappa shape index (κ2) is 6.47. The molecule has 0 aliphatic heterocycles. The zero-order valence-electron chi connectivity index (χ0n) is 14.2. The normalized spacial score (nSPS) is 11.1. The molecule has 0 aliphatic carbocycles. The molecule has 0 amide bonds. The van der Waals surface area contributed by atoms with Crippen LogP contribution in [0.25, 0.3) is 16.8 Å². The molecule has 1 N–H and O–H groups in total. The van der Waals surface area contributed by atoms with Gasteiger partial charge in [-0.2, -0.15) is 0 Å². The van der Waals surface area contributed by atoms with E-state index in [0.29, 0.717) is 16.8 Å². The van der Waals surface area contributed by atoms with Gasteiger partial charge in [-0.25, -0.2) is 13.9 Å². The first kappa shape index (κ1) is 16.8. The van der Waals surface area contributed by atoms with E-state index >= 15 is 0 Å². The number of carboxylic acids is 1. The summed E-state index contributed by atoms with van der Waals surface area (Å²) in [5.41, 5.74) is 3.08. The molecule has 0 unspecified atom stereocenters. The topological polar surface area (TPSA) is 68.0 Å². The van der Waals surface area contributed by atoms with Crippen LogP contribution in [0.5, 0.6) is 0 Å². The van der Waals surface area contributed by atoms with Crippen LogP contribution in [0.1, 0.15) is 41.4 Å². The highest BCUT2D eigenvalue weighted by molar-refractivity contribution is 5.90. The Morgan fingerprint density at radius 1 is 1.20 bits per heavy atom. The van der Waals surface area contributed by atoms with Crippen molar-refractivity contribution in [3.8, 4) is 16.8 Å². The van der Waals surface area contributed by atoms with Gasteiger partial charge in [0.1, 0.15) is 5.82 Å². The maximum absolute atomic E-state index is 14.4. The van der Waals surface area contributed by atoms with Gasteiger partial charge in [-0.05, 0) is 48.2 Å². The summed E-state index contributed by atoms with van der Waals surface area (Å²) in [7, 11) is 0. The summed E-state index contributed by atoms with van der Waals surface area (Å²) in [4.78, 5) is 11.5. The summed E-state index contributed by atoms with van der Waals surface area (Å²) >= 11 is 0. The number of hydrogen-bond acceptors (Lipinski definition) is 3. The molecule has 1 aromatic heterocycles. The summed E-state index contributed by atoms with van der Waals surface area (Å²) in [5, 5.41) is 17.4. The molecule has 6 heteroatoms. The van der Waals surface area contributed by atoms with E-state index in [1.807, 2.05) is 13.8 Å². The van der Waals surface area contributed by atoms with E-state index in [-0.39, 0.29) is 11.5 Å². The summed E-state index contributed by atoms with van der Waals surface area (Å²) < 4.78 is 16.0. The van der Waals surface area contributed by atoms with E-state index in [1.54, 1.807) is 36.0 Å². The Morgan fingerprint density at radius 3 is 2.60 bits per heavy atom. The van der Waals surface area contributed by atoms with Crippen LogP contribution < -0.4 is 0 Å². The van der Waals surface area contributed by atoms with Gasteiger partial charge in [0.2, 0.25) is 0 Å². The van der Waals surface area contributed by atoms with Crippen molar-refractivity contribution in [1.82, 2.24) is 15.0 Å². The number of aromatic carboxylic acids is 1. The lowest BCUT2D eigenvalue weighted by Crippen LogP contribution is -2.06. The molecular weight excluding hydrogens is 321 g/mol. The highest BCUT2D eigenvalue weighted by Gasteiger charge is 2.16. The number of aryl methyl sites for hydroxylation is 1. The molecule has 3 rings (SSSR count). The minimum Gasteiger partial charge on any atom is -0.478 e. The molecule has 25 heavy (non-hydrogen) atoms. The van der Waals surface area contributed by atoms with Crippen LogP contribution in [0, 0.1) is 12.7 Å². The Bertz CT molecular complexity index is 948. The van der Waals surface area contributed by atoms with Crippen LogP contribution in [0.2, 0.25) is 0 Å². The molecule has 5 nitrogen and oxygen atoms in total. The SMILES string of the molecule is Cc1ccc(-c2cc(C(=O)O)cc(-n3nncc3C(C)C)c2)c(F)c1. The number of carbonyl (C=O) groups is 1. The Balaban J connectivity index is 2.22. The van der Waals surface area contributed by atoms with Crippen molar-refractivity contribution in [2.75, 3.05) is 0 Å². The second-order valence-electron chi connectivity index (χ2n) is 6.28. The van der Waals surface area contributed by atoms with Crippen molar-refractivity contribution < 1.29 is 14.3 Å². The highest BCUT2D eigenvalue weighted by atomic mass is 19.1. The first-order valence-corrected chi connectivity index (χ1v) is 7.92. The summed E-state index contributed by atoms with van der Waals surface area (Å²) in [6.45, 7) is 5.80. The summed E-state index contributed by atoms with van der Waals surface area (Å²) in [5.74, 6) is -1.32. The Morgan fingerprint density at radius 2 is 1.96 bits per heavy atom. The molecule has 0 bridgehead atoms. The van der Waals surface area contributed by atoms with Crippen LogP contribution in [-0.4, -0.2) is 26.1 Å². The molecule has 0 radical (unpaired) electrons. The largest absolute Gasteiger partial charge is 0.478 e. The molecule has 0 aliphatic rings. The molecule has 3 aromatic rings. The van der Waals surface area contributed by atoms with E-state index in [0.717, 1.165) is 11.3 Å². The van der Waals surface area contributed by atoms with Crippen molar-refractivity contribution in [1.29, 1.82) is 0 Å². The van der Waals surface area contributed by atoms with Crippen molar-refractivity contribution >= 4 is 5.97 Å². The summed E-state index contributed by atoms with van der Waals surface area (Å²) in [6, 6.07) is 9.57. The van der Waals surface area contributed by atoms with Crippen molar-refractivity contribution in [3.63, 3.8) is 0 Å². The smallest absolute Gasteiger partial charge is 0.335 e. The maximum atomic E-state index is 14.4. The molecule has 0 saturated carbocycles. The third-order valence-corrected chi connectivity index (χ3v) is 4.01. The predicted octanol–water partition coefficient (Wildman–Crippen LogP) is 4.20. The van der Waals surface area contributed by atoms with E-state index < -0.39 is 11.8 Å². The lowest BCUT2D eigenvalue weighted by atomic mass is 10.00. The third-order valence-electron chi connectivity index (χ3n) is 4.01. The molecule has 0 spiro atoms. The number of rotatable bonds is 4. The van der Waals surface area contributed by atoms with Gasteiger partial charge in [-0.15, -0.1) is 5.10 Å². The van der Waals surface area contributed by atoms with Gasteiger partial charge < -0.3 is 5.11 Å². The predicted molar refractivity (Wildman–Crippen MR) is 92.5 cm³/mol. The van der Waals surface area contributed by atoms with Gasteiger partial charge in [-0.1, -0.05) is 31.2 Å². The Hall–Kier alpha value is -3.02. The third kappa shape index (κ3) is 3.28. The zero-order valence-corrected chi connectivity index (χ0v) is 14.2. The first-order chi connectivity index (χ1) is 11.9. The Kier molecular flexibility index (Phi) is 4.35. The van der Waals surface area contributed by atoms with E-state index in [1.165, 1.54) is 18.2 Å². The minimum atomic E-state index is -1.08. The van der Waals surface area contributed by atoms with Crippen LogP contribution in [-0.2, 0) is 0 Å². The first-order valence-electron chi connectivity index (χ1n) is 7.92. The van der Waals surface area contributed by atoms with Crippen LogP contribution in [0.15, 0.2) is 42.6 Å². The van der Waals surface area contributed by atoms with Crippen molar-refractivity contribution in [3.05, 3.63) is 65.2 Å². The zero-order chi connectivity index (χ0) is 18.1. The number of benzene rings is 2. The van der Waals surface area contributed by atoms with E-state index in [4.69, 9.17) is 0 Å². The van der Waals surface area contributed by atoms with Crippen LogP contribution in [0.4, 0.5) is 4.39 Å². The monoisotopic (exact) mass is 339 g/mol. The fraction of sp³-hybridized carbons (Fsp3) is 0.211. The quantitative estimate of drug-likeness (QED) is 0.773. The highest BCUT2D eigenvalue weighted by Crippen LogP contribution is 2.28. The number of hydrogen-bond donors (Lipinski definition) is 1. The fourth-order valence-electron chi connectivity index (χ4n) is 2.70. The number of halogens is 1. The van der Waals surface area contributed by atoms with Gasteiger partial charge in [0.25, 0.3) is 0 Å². The van der Waals surface area contributed by atoms with Gasteiger partial charge in [-0.3, -0.25) is 0 Å². The molecule has 0 saturated heterocycles. The molecule has 2 aromatic carbocycles. The summed E-state index contributed by atoms with van der Waals surface area (Å²) in [6.07, 6.45) is 1.64. The average Bonchev–Trinajstić information content (AvgIpc) is 3.04. The molecular formula is C19H18FN3O2. The maximum Gasteiger partial charge on any atom is 0.335 e. The number of carboxylic acid groups (broad SMARTS) is 1. The van der Waals surface area contributed by atoms with Gasteiger partial charge in [0.05, 0.1) is 23.1 Å².